The van der Waals surface area contributed by atoms with E-state index >= 15 is 0 Å². The molecule has 0 aliphatic heterocycles. The van der Waals surface area contributed by atoms with Crippen molar-refractivity contribution in [3.63, 3.8) is 0 Å². The SMILES string of the molecule is C=CC[C@@H](O)C#CC1CC1. The van der Waals surface area contributed by atoms with Crippen LogP contribution in [0.4, 0.5) is 0 Å². The summed E-state index contributed by atoms with van der Waals surface area (Å²) in [7, 11) is 0. The zero-order valence-corrected chi connectivity index (χ0v) is 6.01. The third-order valence-corrected chi connectivity index (χ3v) is 1.42. The van der Waals surface area contributed by atoms with Gasteiger partial charge in [0.1, 0.15) is 6.10 Å². The van der Waals surface area contributed by atoms with Crippen molar-refractivity contribution in [3.05, 3.63) is 12.7 Å². The smallest absolute Gasteiger partial charge is 0.118 e. The quantitative estimate of drug-likeness (QED) is 0.448. The lowest BCUT2D eigenvalue weighted by Crippen LogP contribution is -1.99. The molecule has 1 saturated carbocycles. The van der Waals surface area contributed by atoms with E-state index in [2.05, 4.69) is 18.4 Å². The van der Waals surface area contributed by atoms with Crippen LogP contribution < -0.4 is 0 Å². The minimum atomic E-state index is -0.488. The van der Waals surface area contributed by atoms with Gasteiger partial charge in [0.05, 0.1) is 0 Å². The fraction of sp³-hybridized carbons (Fsp3) is 0.556. The molecule has 0 spiro atoms. The molecular formula is C9H12O. The molecule has 0 heterocycles. The third kappa shape index (κ3) is 2.70. The molecular weight excluding hydrogens is 124 g/mol. The molecule has 1 aliphatic carbocycles. The van der Waals surface area contributed by atoms with Gasteiger partial charge in [-0.15, -0.1) is 6.58 Å². The molecule has 1 atom stereocenters. The zero-order chi connectivity index (χ0) is 7.40. The van der Waals surface area contributed by atoms with Crippen molar-refractivity contribution in [2.75, 3.05) is 0 Å². The van der Waals surface area contributed by atoms with Crippen molar-refractivity contribution >= 4 is 0 Å². The average molecular weight is 136 g/mol. The molecule has 0 radical (unpaired) electrons. The lowest BCUT2D eigenvalue weighted by molar-refractivity contribution is 0.236. The Kier molecular flexibility index (Phi) is 2.53. The van der Waals surface area contributed by atoms with Crippen LogP contribution in [0.1, 0.15) is 19.3 Å². The molecule has 0 saturated heterocycles. The van der Waals surface area contributed by atoms with Gasteiger partial charge in [-0.05, 0) is 12.8 Å². The Morgan fingerprint density at radius 2 is 2.40 bits per heavy atom. The molecule has 54 valence electrons. The fourth-order valence-electron chi connectivity index (χ4n) is 0.659. The lowest BCUT2D eigenvalue weighted by atomic mass is 10.2. The Bertz CT molecular complexity index is 169. The second kappa shape index (κ2) is 3.43. The molecule has 1 N–H and O–H groups in total. The molecule has 10 heavy (non-hydrogen) atoms. The number of hydrogen-bond donors (Lipinski definition) is 1. The summed E-state index contributed by atoms with van der Waals surface area (Å²) in [5, 5.41) is 9.08. The van der Waals surface area contributed by atoms with Gasteiger partial charge in [-0.3, -0.25) is 0 Å². The van der Waals surface area contributed by atoms with Gasteiger partial charge in [0.15, 0.2) is 0 Å². The Morgan fingerprint density at radius 3 is 2.90 bits per heavy atom. The van der Waals surface area contributed by atoms with Crippen molar-refractivity contribution in [2.24, 2.45) is 5.92 Å². The van der Waals surface area contributed by atoms with E-state index in [1.165, 1.54) is 12.8 Å². The third-order valence-electron chi connectivity index (χ3n) is 1.42. The first-order chi connectivity index (χ1) is 4.83. The Hall–Kier alpha value is -0.740. The van der Waals surface area contributed by atoms with Crippen molar-refractivity contribution in [1.82, 2.24) is 0 Å². The molecule has 0 aromatic rings. The van der Waals surface area contributed by atoms with E-state index in [0.717, 1.165) is 0 Å². The molecule has 0 bridgehead atoms. The predicted molar refractivity (Wildman–Crippen MR) is 41.3 cm³/mol. The summed E-state index contributed by atoms with van der Waals surface area (Å²) in [6.07, 6.45) is 4.21. The van der Waals surface area contributed by atoms with Gasteiger partial charge in [0.25, 0.3) is 0 Å². The van der Waals surface area contributed by atoms with E-state index in [1.54, 1.807) is 6.08 Å². The summed E-state index contributed by atoms with van der Waals surface area (Å²) in [4.78, 5) is 0. The van der Waals surface area contributed by atoms with Crippen LogP contribution in [0.25, 0.3) is 0 Å². The number of aliphatic hydroxyl groups is 1. The van der Waals surface area contributed by atoms with Gasteiger partial charge in [0.2, 0.25) is 0 Å². The van der Waals surface area contributed by atoms with Gasteiger partial charge in [-0.25, -0.2) is 0 Å². The average Bonchev–Trinajstić information content (AvgIpc) is 2.67. The van der Waals surface area contributed by atoms with E-state index in [4.69, 9.17) is 5.11 Å². The first-order valence-electron chi connectivity index (χ1n) is 3.63. The molecule has 1 nitrogen and oxygen atoms in total. The lowest BCUT2D eigenvalue weighted by Gasteiger charge is -1.94. The molecule has 0 unspecified atom stereocenters. The second-order valence-corrected chi connectivity index (χ2v) is 2.60. The standard InChI is InChI=1S/C9H12O/c1-2-3-9(10)7-6-8-4-5-8/h2,8-10H,1,3-5H2/t9-/m1/s1. The Balaban J connectivity index is 2.22. The highest BCUT2D eigenvalue weighted by Gasteiger charge is 2.17. The van der Waals surface area contributed by atoms with Crippen LogP contribution >= 0.6 is 0 Å². The summed E-state index contributed by atoms with van der Waals surface area (Å²) in [5.74, 6) is 6.36. The molecule has 1 aliphatic rings. The van der Waals surface area contributed by atoms with Gasteiger partial charge in [-0.2, -0.15) is 0 Å². The summed E-state index contributed by atoms with van der Waals surface area (Å²) in [6, 6.07) is 0. The molecule has 1 heteroatoms. The first kappa shape index (κ1) is 7.37. The van der Waals surface area contributed by atoms with E-state index in [9.17, 15) is 0 Å². The van der Waals surface area contributed by atoms with E-state index in [-0.39, 0.29) is 0 Å². The highest BCUT2D eigenvalue weighted by atomic mass is 16.3. The van der Waals surface area contributed by atoms with Crippen LogP contribution in [0.5, 0.6) is 0 Å². The monoisotopic (exact) mass is 136 g/mol. The van der Waals surface area contributed by atoms with Gasteiger partial charge in [0, 0.05) is 12.3 Å². The molecule has 1 fully saturated rings. The van der Waals surface area contributed by atoms with Crippen molar-refractivity contribution < 1.29 is 5.11 Å². The highest BCUT2D eigenvalue weighted by Crippen LogP contribution is 2.27. The van der Waals surface area contributed by atoms with Gasteiger partial charge < -0.3 is 5.11 Å². The summed E-state index contributed by atoms with van der Waals surface area (Å²) >= 11 is 0. The van der Waals surface area contributed by atoms with Crippen molar-refractivity contribution in [2.45, 2.75) is 25.4 Å². The maximum atomic E-state index is 9.08. The van der Waals surface area contributed by atoms with E-state index in [0.29, 0.717) is 12.3 Å². The predicted octanol–water partition coefficient (Wildman–Crippen LogP) is 1.34. The van der Waals surface area contributed by atoms with Crippen LogP contribution in [0.3, 0.4) is 0 Å². The van der Waals surface area contributed by atoms with Crippen LogP contribution in [0, 0.1) is 17.8 Å². The Morgan fingerprint density at radius 1 is 1.70 bits per heavy atom. The van der Waals surface area contributed by atoms with Gasteiger partial charge >= 0.3 is 0 Å². The summed E-state index contributed by atoms with van der Waals surface area (Å²) in [6.45, 7) is 3.52. The topological polar surface area (TPSA) is 20.2 Å². The minimum Gasteiger partial charge on any atom is -0.380 e. The van der Waals surface area contributed by atoms with E-state index in [1.807, 2.05) is 0 Å². The first-order valence-corrected chi connectivity index (χ1v) is 3.63. The zero-order valence-electron chi connectivity index (χ0n) is 6.01. The number of hydrogen-bond acceptors (Lipinski definition) is 1. The molecule has 0 aromatic heterocycles. The van der Waals surface area contributed by atoms with Crippen LogP contribution in [-0.2, 0) is 0 Å². The van der Waals surface area contributed by atoms with Gasteiger partial charge in [-0.1, -0.05) is 17.9 Å². The maximum Gasteiger partial charge on any atom is 0.118 e. The number of aliphatic hydroxyl groups excluding tert-OH is 1. The molecule has 0 aromatic carbocycles. The van der Waals surface area contributed by atoms with Crippen LogP contribution in [0.15, 0.2) is 12.7 Å². The maximum absolute atomic E-state index is 9.08. The summed E-state index contributed by atoms with van der Waals surface area (Å²) in [5.41, 5.74) is 0. The largest absolute Gasteiger partial charge is 0.380 e. The number of rotatable bonds is 2. The highest BCUT2D eigenvalue weighted by molar-refractivity contribution is 5.12. The minimum absolute atomic E-state index is 0.488. The van der Waals surface area contributed by atoms with E-state index < -0.39 is 6.10 Å². The molecule has 1 rings (SSSR count). The fourth-order valence-corrected chi connectivity index (χ4v) is 0.659. The summed E-state index contributed by atoms with van der Waals surface area (Å²) < 4.78 is 0. The molecule has 0 amide bonds. The second-order valence-electron chi connectivity index (χ2n) is 2.60. The van der Waals surface area contributed by atoms with Crippen molar-refractivity contribution in [1.29, 1.82) is 0 Å². The normalized spacial score (nSPS) is 18.9. The van der Waals surface area contributed by atoms with Crippen LogP contribution in [-0.4, -0.2) is 11.2 Å². The Labute approximate surface area is 61.8 Å². The van der Waals surface area contributed by atoms with Crippen molar-refractivity contribution in [3.8, 4) is 11.8 Å². The van der Waals surface area contributed by atoms with Crippen LogP contribution in [0.2, 0.25) is 0 Å².